The summed E-state index contributed by atoms with van der Waals surface area (Å²) in [7, 11) is 0. The number of thiazole rings is 1. The molecule has 0 atom stereocenters. The van der Waals surface area contributed by atoms with E-state index in [0.29, 0.717) is 18.2 Å². The number of ether oxygens (including phenoxy) is 1. The van der Waals surface area contributed by atoms with Gasteiger partial charge >= 0.3 is 5.97 Å². The summed E-state index contributed by atoms with van der Waals surface area (Å²) in [5.74, 6) is 0.237. The number of nitrogens with zero attached hydrogens (tertiary/aromatic N) is 1. The van der Waals surface area contributed by atoms with E-state index >= 15 is 0 Å². The summed E-state index contributed by atoms with van der Waals surface area (Å²) in [6.07, 6.45) is 3.67. The second-order valence-electron chi connectivity index (χ2n) is 3.52. The van der Waals surface area contributed by atoms with Crippen LogP contribution in [0.25, 0.3) is 0 Å². The molecule has 0 spiro atoms. The second-order valence-corrected chi connectivity index (χ2v) is 5.87. The van der Waals surface area contributed by atoms with E-state index in [-0.39, 0.29) is 5.97 Å². The van der Waals surface area contributed by atoms with Crippen LogP contribution in [0.2, 0.25) is 0 Å². The highest BCUT2D eigenvalue weighted by Crippen LogP contribution is 2.40. The number of esters is 1. The molecule has 0 saturated heterocycles. The Labute approximate surface area is 101 Å². The van der Waals surface area contributed by atoms with E-state index in [1.807, 2.05) is 0 Å². The number of halogens is 1. The van der Waals surface area contributed by atoms with Crippen LogP contribution in [0.5, 0.6) is 0 Å². The van der Waals surface area contributed by atoms with Crippen molar-refractivity contribution in [1.29, 1.82) is 0 Å². The minimum absolute atomic E-state index is 0.328. The largest absolute Gasteiger partial charge is 0.461 e. The van der Waals surface area contributed by atoms with E-state index < -0.39 is 0 Å². The lowest BCUT2D eigenvalue weighted by Gasteiger charge is -2.22. The zero-order valence-electron chi connectivity index (χ0n) is 8.46. The first-order valence-electron chi connectivity index (χ1n) is 5.05. The molecule has 1 aliphatic carbocycles. The third-order valence-corrected chi connectivity index (χ3v) is 4.39. The van der Waals surface area contributed by atoms with Crippen LogP contribution in [-0.4, -0.2) is 17.6 Å². The zero-order valence-corrected chi connectivity index (χ0v) is 10.9. The number of carbonyl (C=O) groups is 1. The Morgan fingerprint density at radius 2 is 2.40 bits per heavy atom. The van der Waals surface area contributed by atoms with Crippen molar-refractivity contribution in [2.45, 2.75) is 32.1 Å². The van der Waals surface area contributed by atoms with Crippen LogP contribution >= 0.6 is 27.3 Å². The predicted molar refractivity (Wildman–Crippen MR) is 62.4 cm³/mol. The van der Waals surface area contributed by atoms with E-state index in [1.54, 1.807) is 18.3 Å². The summed E-state index contributed by atoms with van der Waals surface area (Å²) in [5.41, 5.74) is 0.434. The quantitative estimate of drug-likeness (QED) is 0.801. The van der Waals surface area contributed by atoms with Crippen molar-refractivity contribution in [1.82, 2.24) is 4.98 Å². The molecule has 0 unspecified atom stereocenters. The van der Waals surface area contributed by atoms with Crippen molar-refractivity contribution in [3.63, 3.8) is 0 Å². The number of rotatable bonds is 3. The molecule has 15 heavy (non-hydrogen) atoms. The van der Waals surface area contributed by atoms with Crippen molar-refractivity contribution < 1.29 is 9.53 Å². The molecule has 0 radical (unpaired) electrons. The van der Waals surface area contributed by atoms with E-state index in [4.69, 9.17) is 4.74 Å². The normalized spacial score (nSPS) is 16.1. The van der Waals surface area contributed by atoms with E-state index in [2.05, 4.69) is 20.9 Å². The lowest BCUT2D eigenvalue weighted by Crippen LogP contribution is -2.10. The molecule has 5 heteroatoms. The topological polar surface area (TPSA) is 39.2 Å². The summed E-state index contributed by atoms with van der Waals surface area (Å²) >= 11 is 4.92. The van der Waals surface area contributed by atoms with Gasteiger partial charge in [0.15, 0.2) is 5.69 Å². The predicted octanol–water partition coefficient (Wildman–Crippen LogP) is 3.35. The van der Waals surface area contributed by atoms with E-state index in [0.717, 1.165) is 8.79 Å². The maximum atomic E-state index is 11.5. The number of carbonyl (C=O) groups excluding carboxylic acids is 1. The molecular formula is C10H12BrNO2S. The van der Waals surface area contributed by atoms with Gasteiger partial charge in [0.25, 0.3) is 0 Å². The Morgan fingerprint density at radius 1 is 1.67 bits per heavy atom. The van der Waals surface area contributed by atoms with Crippen molar-refractivity contribution in [3.05, 3.63) is 14.5 Å². The van der Waals surface area contributed by atoms with Crippen molar-refractivity contribution in [2.75, 3.05) is 6.61 Å². The molecule has 82 valence electrons. The van der Waals surface area contributed by atoms with Gasteiger partial charge in [0.05, 0.1) is 11.6 Å². The Kier molecular flexibility index (Phi) is 3.41. The number of hydrogen-bond donors (Lipinski definition) is 0. The van der Waals surface area contributed by atoms with Crippen molar-refractivity contribution in [2.24, 2.45) is 0 Å². The lowest BCUT2D eigenvalue weighted by atomic mass is 9.86. The molecule has 0 aliphatic heterocycles. The first-order chi connectivity index (χ1) is 7.22. The van der Waals surface area contributed by atoms with Gasteiger partial charge in [0.1, 0.15) is 3.79 Å². The van der Waals surface area contributed by atoms with Gasteiger partial charge in [-0.1, -0.05) is 6.42 Å². The van der Waals surface area contributed by atoms with Gasteiger partial charge in [0, 0.05) is 5.92 Å². The fourth-order valence-electron chi connectivity index (χ4n) is 1.47. The fourth-order valence-corrected chi connectivity index (χ4v) is 3.17. The maximum Gasteiger partial charge on any atom is 0.359 e. The third kappa shape index (κ3) is 2.23. The van der Waals surface area contributed by atoms with E-state index in [1.165, 1.54) is 19.3 Å². The third-order valence-electron chi connectivity index (χ3n) is 2.53. The van der Waals surface area contributed by atoms with Gasteiger partial charge in [-0.15, -0.1) is 11.3 Å². The molecule has 1 aliphatic rings. The van der Waals surface area contributed by atoms with Crippen LogP contribution in [0.1, 0.15) is 47.6 Å². The summed E-state index contributed by atoms with van der Waals surface area (Å²) in [6, 6.07) is 0. The van der Waals surface area contributed by atoms with Crippen LogP contribution in [0, 0.1) is 0 Å². The minimum Gasteiger partial charge on any atom is -0.461 e. The van der Waals surface area contributed by atoms with Gasteiger partial charge in [0.2, 0.25) is 0 Å². The molecule has 1 heterocycles. The first kappa shape index (κ1) is 11.1. The van der Waals surface area contributed by atoms with Gasteiger partial charge < -0.3 is 4.74 Å². The molecule has 0 aromatic carbocycles. The molecule has 1 aromatic heterocycles. The molecular weight excluding hydrogens is 278 g/mol. The van der Waals surface area contributed by atoms with Crippen LogP contribution in [0.3, 0.4) is 0 Å². The first-order valence-corrected chi connectivity index (χ1v) is 6.66. The Morgan fingerprint density at radius 3 is 2.93 bits per heavy atom. The molecule has 0 bridgehead atoms. The fraction of sp³-hybridized carbons (Fsp3) is 0.600. The Hall–Kier alpha value is -0.420. The van der Waals surface area contributed by atoms with Gasteiger partial charge in [-0.2, -0.15) is 0 Å². The average Bonchev–Trinajstić information content (AvgIpc) is 2.44. The Balaban J connectivity index is 2.17. The minimum atomic E-state index is -0.328. The highest BCUT2D eigenvalue weighted by molar-refractivity contribution is 9.11. The highest BCUT2D eigenvalue weighted by Gasteiger charge is 2.26. The van der Waals surface area contributed by atoms with Crippen LogP contribution in [0.15, 0.2) is 3.79 Å². The molecule has 0 amide bonds. The Bertz CT molecular complexity index is 373. The van der Waals surface area contributed by atoms with E-state index in [9.17, 15) is 4.79 Å². The average molecular weight is 290 g/mol. The van der Waals surface area contributed by atoms with Crippen LogP contribution in [0.4, 0.5) is 0 Å². The smallest absolute Gasteiger partial charge is 0.359 e. The van der Waals surface area contributed by atoms with Crippen LogP contribution in [-0.2, 0) is 4.74 Å². The summed E-state index contributed by atoms with van der Waals surface area (Å²) in [4.78, 5) is 15.8. The highest BCUT2D eigenvalue weighted by atomic mass is 79.9. The standard InChI is InChI=1S/C10H12BrNO2S/c1-2-14-10(13)7-8(11)15-9(12-7)6-4-3-5-6/h6H,2-5H2,1H3. The van der Waals surface area contributed by atoms with Crippen LogP contribution < -0.4 is 0 Å². The van der Waals surface area contributed by atoms with Gasteiger partial charge in [-0.05, 0) is 35.7 Å². The molecule has 1 fully saturated rings. The van der Waals surface area contributed by atoms with Gasteiger partial charge in [-0.3, -0.25) is 0 Å². The molecule has 1 aromatic rings. The molecule has 1 saturated carbocycles. The SMILES string of the molecule is CCOC(=O)c1nc(C2CCC2)sc1Br. The monoisotopic (exact) mass is 289 g/mol. The molecule has 0 N–H and O–H groups in total. The summed E-state index contributed by atoms with van der Waals surface area (Å²) in [5, 5.41) is 1.07. The van der Waals surface area contributed by atoms with Crippen molar-refractivity contribution in [3.8, 4) is 0 Å². The lowest BCUT2D eigenvalue weighted by molar-refractivity contribution is 0.0519. The summed E-state index contributed by atoms with van der Waals surface area (Å²) in [6.45, 7) is 2.19. The zero-order chi connectivity index (χ0) is 10.8. The number of aromatic nitrogens is 1. The maximum absolute atomic E-state index is 11.5. The molecule has 3 nitrogen and oxygen atoms in total. The van der Waals surface area contributed by atoms with Gasteiger partial charge in [-0.25, -0.2) is 9.78 Å². The van der Waals surface area contributed by atoms with Crippen molar-refractivity contribution >= 4 is 33.2 Å². The second kappa shape index (κ2) is 4.61. The summed E-state index contributed by atoms with van der Waals surface area (Å²) < 4.78 is 5.72. The molecule has 2 rings (SSSR count). The number of hydrogen-bond acceptors (Lipinski definition) is 4.